The van der Waals surface area contributed by atoms with Crippen molar-refractivity contribution in [1.82, 2.24) is 5.32 Å². The number of rotatable bonds is 8. The maximum atomic E-state index is 13.5. The molecule has 0 spiro atoms. The summed E-state index contributed by atoms with van der Waals surface area (Å²) in [4.78, 5) is 26.7. The van der Waals surface area contributed by atoms with Crippen LogP contribution >= 0.6 is 0 Å². The molecule has 2 fully saturated rings. The van der Waals surface area contributed by atoms with Crippen molar-refractivity contribution < 1.29 is 19.2 Å². The number of non-ortho nitro benzene ring substituents is 1. The monoisotopic (exact) mass is 481 g/mol. The molecule has 188 valence electrons. The summed E-state index contributed by atoms with van der Waals surface area (Å²) in [6, 6.07) is 12.7. The van der Waals surface area contributed by atoms with E-state index >= 15 is 0 Å². The molecular weight excluding hydrogens is 446 g/mol. The highest BCUT2D eigenvalue weighted by atomic mass is 16.6. The van der Waals surface area contributed by atoms with Crippen molar-refractivity contribution in [3.63, 3.8) is 0 Å². The summed E-state index contributed by atoms with van der Waals surface area (Å²) in [5.41, 5.74) is 1.93. The third-order valence-corrected chi connectivity index (χ3v) is 7.37. The Balaban J connectivity index is 1.57. The van der Waals surface area contributed by atoms with Crippen LogP contribution in [0.2, 0.25) is 0 Å². The third kappa shape index (κ3) is 5.75. The van der Waals surface area contributed by atoms with E-state index in [0.29, 0.717) is 37.8 Å². The Labute approximate surface area is 206 Å². The van der Waals surface area contributed by atoms with E-state index in [2.05, 4.69) is 29.3 Å². The molecule has 8 heteroatoms. The van der Waals surface area contributed by atoms with E-state index in [4.69, 9.17) is 9.47 Å². The average molecular weight is 482 g/mol. The number of amides is 1. The highest BCUT2D eigenvalue weighted by molar-refractivity contribution is 6.00. The molecule has 0 unspecified atom stereocenters. The van der Waals surface area contributed by atoms with Gasteiger partial charge in [0.1, 0.15) is 5.75 Å². The fourth-order valence-electron chi connectivity index (χ4n) is 5.09. The number of nitrogens with zero attached hydrogens (tertiary/aromatic N) is 2. The molecule has 1 amide bonds. The molecule has 2 aromatic carbocycles. The summed E-state index contributed by atoms with van der Waals surface area (Å²) in [5.74, 6) is 1.18. The number of nitro groups is 1. The van der Waals surface area contributed by atoms with Gasteiger partial charge in [0.25, 0.3) is 11.6 Å². The molecular formula is C27H35N3O5. The number of carbonyl (C=O) groups excluding carboxylic acids is 1. The number of hydrogen-bond donors (Lipinski definition) is 1. The number of piperidine rings is 1. The van der Waals surface area contributed by atoms with Crippen LogP contribution in [0.15, 0.2) is 42.5 Å². The summed E-state index contributed by atoms with van der Waals surface area (Å²) in [6.45, 7) is 8.15. The van der Waals surface area contributed by atoms with Gasteiger partial charge < -0.3 is 19.7 Å². The number of ether oxygens (including phenoxy) is 2. The van der Waals surface area contributed by atoms with Gasteiger partial charge in [-0.25, -0.2) is 0 Å². The number of anilines is 1. The van der Waals surface area contributed by atoms with E-state index in [0.717, 1.165) is 55.8 Å². The molecule has 2 aliphatic heterocycles. The van der Waals surface area contributed by atoms with E-state index in [1.807, 2.05) is 19.1 Å². The highest BCUT2D eigenvalue weighted by Crippen LogP contribution is 2.36. The minimum atomic E-state index is -0.446. The number of carbonyl (C=O) groups is 1. The van der Waals surface area contributed by atoms with Gasteiger partial charge in [-0.2, -0.15) is 0 Å². The number of benzene rings is 2. The van der Waals surface area contributed by atoms with Gasteiger partial charge in [0.05, 0.1) is 22.8 Å². The minimum Gasteiger partial charge on any atom is -0.494 e. The maximum Gasteiger partial charge on any atom is 0.270 e. The molecule has 0 saturated carbocycles. The van der Waals surface area contributed by atoms with Crippen molar-refractivity contribution in [2.75, 3.05) is 44.4 Å². The van der Waals surface area contributed by atoms with E-state index in [9.17, 15) is 14.9 Å². The summed E-state index contributed by atoms with van der Waals surface area (Å²) in [6.07, 6.45) is 3.65. The maximum absolute atomic E-state index is 13.5. The van der Waals surface area contributed by atoms with Gasteiger partial charge in [-0.1, -0.05) is 19.1 Å². The lowest BCUT2D eigenvalue weighted by Crippen LogP contribution is -2.45. The normalized spacial score (nSPS) is 18.2. The Hall–Kier alpha value is -3.13. The molecule has 2 aliphatic rings. The molecule has 0 radical (unpaired) electrons. The Morgan fingerprint density at radius 2 is 1.86 bits per heavy atom. The zero-order valence-electron chi connectivity index (χ0n) is 20.6. The zero-order chi connectivity index (χ0) is 24.8. The van der Waals surface area contributed by atoms with E-state index in [1.54, 1.807) is 6.07 Å². The van der Waals surface area contributed by atoms with Gasteiger partial charge in [0.15, 0.2) is 0 Å². The van der Waals surface area contributed by atoms with Crippen LogP contribution in [-0.4, -0.2) is 50.3 Å². The summed E-state index contributed by atoms with van der Waals surface area (Å²) >= 11 is 0. The first-order valence-corrected chi connectivity index (χ1v) is 12.5. The largest absolute Gasteiger partial charge is 0.494 e. The highest BCUT2D eigenvalue weighted by Gasteiger charge is 2.35. The van der Waals surface area contributed by atoms with Crippen molar-refractivity contribution in [3.8, 4) is 5.75 Å². The van der Waals surface area contributed by atoms with Gasteiger partial charge in [-0.05, 0) is 62.3 Å². The second-order valence-electron chi connectivity index (χ2n) is 9.66. The Bertz CT molecular complexity index is 1030. The van der Waals surface area contributed by atoms with Crippen LogP contribution in [0.4, 0.5) is 11.4 Å². The Kier molecular flexibility index (Phi) is 7.90. The van der Waals surface area contributed by atoms with Crippen LogP contribution in [0.5, 0.6) is 5.75 Å². The van der Waals surface area contributed by atoms with Gasteiger partial charge in [-0.15, -0.1) is 0 Å². The SMILES string of the molecule is CCOc1ccc(C2(CNC(=O)c3cc([N+](=O)[O-])ccc3N3CCC(C)CC3)CCOCC2)cc1. The van der Waals surface area contributed by atoms with Crippen molar-refractivity contribution in [2.24, 2.45) is 5.92 Å². The van der Waals surface area contributed by atoms with Crippen molar-refractivity contribution in [2.45, 2.75) is 44.9 Å². The molecule has 4 rings (SSSR count). The number of nitro benzene ring substituents is 1. The first-order valence-electron chi connectivity index (χ1n) is 12.5. The topological polar surface area (TPSA) is 93.9 Å². The van der Waals surface area contributed by atoms with E-state index in [1.165, 1.54) is 12.1 Å². The molecule has 0 aromatic heterocycles. The van der Waals surface area contributed by atoms with Crippen LogP contribution in [0.25, 0.3) is 0 Å². The lowest BCUT2D eigenvalue weighted by Gasteiger charge is -2.38. The molecule has 2 aromatic rings. The fraction of sp³-hybridized carbons (Fsp3) is 0.519. The second-order valence-corrected chi connectivity index (χ2v) is 9.66. The second kappa shape index (κ2) is 11.1. The summed E-state index contributed by atoms with van der Waals surface area (Å²) in [5, 5.41) is 14.6. The van der Waals surface area contributed by atoms with Crippen LogP contribution in [0.1, 0.15) is 55.5 Å². The molecule has 0 aliphatic carbocycles. The first-order chi connectivity index (χ1) is 16.9. The lowest BCUT2D eigenvalue weighted by atomic mass is 9.74. The Morgan fingerprint density at radius 1 is 1.17 bits per heavy atom. The molecule has 1 N–H and O–H groups in total. The summed E-state index contributed by atoms with van der Waals surface area (Å²) in [7, 11) is 0. The quantitative estimate of drug-likeness (QED) is 0.434. The van der Waals surface area contributed by atoms with Crippen molar-refractivity contribution >= 4 is 17.3 Å². The first kappa shape index (κ1) is 25.0. The van der Waals surface area contributed by atoms with Crippen LogP contribution in [0.3, 0.4) is 0 Å². The van der Waals surface area contributed by atoms with E-state index in [-0.39, 0.29) is 17.0 Å². The number of nitrogens with one attached hydrogen (secondary N) is 1. The van der Waals surface area contributed by atoms with Gasteiger partial charge >= 0.3 is 0 Å². The van der Waals surface area contributed by atoms with E-state index < -0.39 is 4.92 Å². The molecule has 0 bridgehead atoms. The third-order valence-electron chi connectivity index (χ3n) is 7.37. The van der Waals surface area contributed by atoms with Crippen LogP contribution < -0.4 is 15.0 Å². The van der Waals surface area contributed by atoms with Crippen molar-refractivity contribution in [1.29, 1.82) is 0 Å². The van der Waals surface area contributed by atoms with Gasteiger partial charge in [-0.3, -0.25) is 14.9 Å². The molecule has 0 atom stereocenters. The smallest absolute Gasteiger partial charge is 0.270 e. The van der Waals surface area contributed by atoms with Crippen LogP contribution in [0, 0.1) is 16.0 Å². The average Bonchev–Trinajstić information content (AvgIpc) is 2.88. The van der Waals surface area contributed by atoms with Gasteiger partial charge in [0.2, 0.25) is 0 Å². The minimum absolute atomic E-state index is 0.0726. The van der Waals surface area contributed by atoms with Crippen LogP contribution in [-0.2, 0) is 10.2 Å². The molecule has 35 heavy (non-hydrogen) atoms. The predicted molar refractivity (Wildman–Crippen MR) is 135 cm³/mol. The standard InChI is InChI=1S/C27H35N3O5/c1-3-35-23-7-4-21(5-8-23)27(12-16-34-17-13-27)19-28-26(31)24-18-22(30(32)33)6-9-25(24)29-14-10-20(2)11-15-29/h4-9,18,20H,3,10-17,19H2,1-2H3,(H,28,31). The summed E-state index contributed by atoms with van der Waals surface area (Å²) < 4.78 is 11.2. The van der Waals surface area contributed by atoms with Crippen molar-refractivity contribution in [3.05, 3.63) is 63.7 Å². The number of hydrogen-bond acceptors (Lipinski definition) is 6. The fourth-order valence-corrected chi connectivity index (χ4v) is 5.09. The molecule has 8 nitrogen and oxygen atoms in total. The zero-order valence-corrected chi connectivity index (χ0v) is 20.6. The predicted octanol–water partition coefficient (Wildman–Crippen LogP) is 4.71. The molecule has 2 saturated heterocycles. The Morgan fingerprint density at radius 3 is 2.49 bits per heavy atom. The lowest BCUT2D eigenvalue weighted by molar-refractivity contribution is -0.384. The van der Waals surface area contributed by atoms with Gasteiger partial charge in [0, 0.05) is 50.4 Å². The molecule has 2 heterocycles.